The molecule has 0 aliphatic rings. The van der Waals surface area contributed by atoms with E-state index in [1.54, 1.807) is 11.9 Å². The van der Waals surface area contributed by atoms with Gasteiger partial charge in [0.25, 0.3) is 0 Å². The summed E-state index contributed by atoms with van der Waals surface area (Å²) in [7, 11) is 1.77. The fourth-order valence-corrected chi connectivity index (χ4v) is 1.63. The highest BCUT2D eigenvalue weighted by Gasteiger charge is 2.27. The first-order valence-electron chi connectivity index (χ1n) is 5.76. The van der Waals surface area contributed by atoms with Crippen molar-refractivity contribution < 1.29 is 14.3 Å². The van der Waals surface area contributed by atoms with Gasteiger partial charge in [0.1, 0.15) is 17.2 Å². The summed E-state index contributed by atoms with van der Waals surface area (Å²) < 4.78 is 13.1. The van der Waals surface area contributed by atoms with Crippen molar-refractivity contribution in [3.63, 3.8) is 0 Å². The van der Waals surface area contributed by atoms with Crippen LogP contribution in [0.25, 0.3) is 0 Å². The zero-order valence-corrected chi connectivity index (χ0v) is 11.4. The first-order chi connectivity index (χ1) is 8.14. The highest BCUT2D eigenvalue weighted by atomic mass is 19.1. The van der Waals surface area contributed by atoms with Gasteiger partial charge in [0, 0.05) is 13.1 Å². The van der Waals surface area contributed by atoms with E-state index in [0.29, 0.717) is 0 Å². The van der Waals surface area contributed by atoms with Crippen molar-refractivity contribution in [3.05, 3.63) is 23.6 Å². The molecule has 18 heavy (non-hydrogen) atoms. The van der Waals surface area contributed by atoms with E-state index in [2.05, 4.69) is 25.8 Å². The second-order valence-corrected chi connectivity index (χ2v) is 5.48. The minimum absolute atomic E-state index is 0.0411. The number of halogens is 1. The van der Waals surface area contributed by atoms with Gasteiger partial charge in [-0.2, -0.15) is 0 Å². The molecule has 0 saturated carbocycles. The first kappa shape index (κ1) is 14.4. The Bertz CT molecular complexity index is 455. The van der Waals surface area contributed by atoms with Crippen LogP contribution in [-0.2, 0) is 0 Å². The lowest BCUT2D eigenvalue weighted by Crippen LogP contribution is -2.40. The van der Waals surface area contributed by atoms with Crippen molar-refractivity contribution in [1.29, 1.82) is 0 Å². The normalized spacial score (nSPS) is 13.2. The highest BCUT2D eigenvalue weighted by Crippen LogP contribution is 2.28. The molecule has 1 aromatic rings. The smallest absolute Gasteiger partial charge is 0.339 e. The van der Waals surface area contributed by atoms with Gasteiger partial charge in [-0.25, -0.2) is 14.2 Å². The third kappa shape index (κ3) is 2.97. The standard InChI is InChI=1S/C13H19FN2O2/c1-8(13(2,3)4)16(5)11-10(12(17)18)6-9(14)7-15-11/h6-8H,1-5H3,(H,17,18). The number of hydrogen-bond acceptors (Lipinski definition) is 3. The van der Waals surface area contributed by atoms with E-state index >= 15 is 0 Å². The zero-order chi connectivity index (χ0) is 14.1. The number of hydrogen-bond donors (Lipinski definition) is 1. The van der Waals surface area contributed by atoms with Crippen molar-refractivity contribution in [2.24, 2.45) is 5.41 Å². The second kappa shape index (κ2) is 4.92. The summed E-state index contributed by atoms with van der Waals surface area (Å²) >= 11 is 0. The molecule has 5 heteroatoms. The fourth-order valence-electron chi connectivity index (χ4n) is 1.63. The maximum absolute atomic E-state index is 13.1. The summed E-state index contributed by atoms with van der Waals surface area (Å²) in [5.41, 5.74) is -0.158. The van der Waals surface area contributed by atoms with Gasteiger partial charge in [0.15, 0.2) is 0 Å². The molecule has 1 N–H and O–H groups in total. The predicted octanol–water partition coefficient (Wildman–Crippen LogP) is 2.79. The van der Waals surface area contributed by atoms with Crippen LogP contribution >= 0.6 is 0 Å². The molecule has 0 aliphatic carbocycles. The van der Waals surface area contributed by atoms with E-state index < -0.39 is 11.8 Å². The van der Waals surface area contributed by atoms with Gasteiger partial charge in [0.05, 0.1) is 6.20 Å². The van der Waals surface area contributed by atoms with Crippen LogP contribution < -0.4 is 4.90 Å². The summed E-state index contributed by atoms with van der Waals surface area (Å²) in [6.07, 6.45) is 1.04. The van der Waals surface area contributed by atoms with E-state index in [4.69, 9.17) is 5.11 Å². The number of rotatable bonds is 3. The molecule has 0 amide bonds. The van der Waals surface area contributed by atoms with E-state index in [0.717, 1.165) is 12.3 Å². The van der Waals surface area contributed by atoms with Gasteiger partial charge in [0.2, 0.25) is 0 Å². The van der Waals surface area contributed by atoms with E-state index in [1.165, 1.54) is 0 Å². The van der Waals surface area contributed by atoms with Gasteiger partial charge < -0.3 is 10.0 Å². The van der Waals surface area contributed by atoms with Crippen LogP contribution in [0.15, 0.2) is 12.3 Å². The number of nitrogens with zero attached hydrogens (tertiary/aromatic N) is 2. The average Bonchev–Trinajstić information content (AvgIpc) is 2.25. The largest absolute Gasteiger partial charge is 0.478 e. The summed E-state index contributed by atoms with van der Waals surface area (Å²) in [4.78, 5) is 16.8. The highest BCUT2D eigenvalue weighted by molar-refractivity contribution is 5.93. The fraction of sp³-hybridized carbons (Fsp3) is 0.538. The Balaban J connectivity index is 3.21. The Hall–Kier alpha value is -1.65. The van der Waals surface area contributed by atoms with Gasteiger partial charge in [-0.1, -0.05) is 20.8 Å². The van der Waals surface area contributed by atoms with Crippen molar-refractivity contribution in [3.8, 4) is 0 Å². The minimum Gasteiger partial charge on any atom is -0.478 e. The maximum atomic E-state index is 13.1. The number of carboxylic acids is 1. The molecule has 0 aliphatic heterocycles. The SMILES string of the molecule is CC(N(C)c1ncc(F)cc1C(=O)O)C(C)(C)C. The first-order valence-corrected chi connectivity index (χ1v) is 5.76. The Labute approximate surface area is 106 Å². The zero-order valence-electron chi connectivity index (χ0n) is 11.4. The number of aromatic carboxylic acids is 1. The minimum atomic E-state index is -1.18. The third-order valence-electron chi connectivity index (χ3n) is 3.23. The predicted molar refractivity (Wildman–Crippen MR) is 68.5 cm³/mol. The molecule has 1 heterocycles. The van der Waals surface area contributed by atoms with Crippen LogP contribution in [0.4, 0.5) is 10.2 Å². The van der Waals surface area contributed by atoms with Gasteiger partial charge in [-0.3, -0.25) is 0 Å². The number of carboxylic acid groups (broad SMARTS) is 1. The van der Waals surface area contributed by atoms with Crippen LogP contribution in [0.5, 0.6) is 0 Å². The maximum Gasteiger partial charge on any atom is 0.339 e. The molecule has 1 atom stereocenters. The van der Waals surface area contributed by atoms with Gasteiger partial charge in [-0.15, -0.1) is 0 Å². The van der Waals surface area contributed by atoms with E-state index in [-0.39, 0.29) is 22.8 Å². The number of anilines is 1. The summed E-state index contributed by atoms with van der Waals surface area (Å²) in [5.74, 6) is -1.54. The van der Waals surface area contributed by atoms with Crippen molar-refractivity contribution in [2.75, 3.05) is 11.9 Å². The van der Waals surface area contributed by atoms with Crippen molar-refractivity contribution in [2.45, 2.75) is 33.7 Å². The molecule has 0 aromatic carbocycles. The number of pyridine rings is 1. The molecule has 0 spiro atoms. The summed E-state index contributed by atoms with van der Waals surface area (Å²) in [5, 5.41) is 9.09. The lowest BCUT2D eigenvalue weighted by atomic mass is 9.87. The van der Waals surface area contributed by atoms with Crippen LogP contribution in [-0.4, -0.2) is 29.1 Å². The monoisotopic (exact) mass is 254 g/mol. The molecule has 100 valence electrons. The molecule has 1 rings (SSSR count). The third-order valence-corrected chi connectivity index (χ3v) is 3.23. The van der Waals surface area contributed by atoms with Crippen molar-refractivity contribution in [1.82, 2.24) is 4.98 Å². The lowest BCUT2D eigenvalue weighted by Gasteiger charge is -2.36. The Morgan fingerprint density at radius 1 is 1.50 bits per heavy atom. The molecule has 0 fully saturated rings. The molecular formula is C13H19FN2O2. The molecule has 4 nitrogen and oxygen atoms in total. The Morgan fingerprint density at radius 2 is 2.06 bits per heavy atom. The molecular weight excluding hydrogens is 235 g/mol. The molecule has 0 radical (unpaired) electrons. The molecule has 1 aromatic heterocycles. The molecule has 0 bridgehead atoms. The van der Waals surface area contributed by atoms with Crippen molar-refractivity contribution >= 4 is 11.8 Å². The second-order valence-electron chi connectivity index (χ2n) is 5.48. The number of carbonyl (C=O) groups is 1. The average molecular weight is 254 g/mol. The van der Waals surface area contributed by atoms with Crippen LogP contribution in [0, 0.1) is 11.2 Å². The van der Waals surface area contributed by atoms with Crippen LogP contribution in [0.2, 0.25) is 0 Å². The Morgan fingerprint density at radius 3 is 2.50 bits per heavy atom. The van der Waals surface area contributed by atoms with Crippen LogP contribution in [0.3, 0.4) is 0 Å². The Kier molecular flexibility index (Phi) is 3.94. The van der Waals surface area contributed by atoms with Gasteiger partial charge in [-0.05, 0) is 18.4 Å². The quantitative estimate of drug-likeness (QED) is 0.901. The lowest BCUT2D eigenvalue weighted by molar-refractivity contribution is 0.0696. The van der Waals surface area contributed by atoms with Crippen LogP contribution in [0.1, 0.15) is 38.1 Å². The topological polar surface area (TPSA) is 53.4 Å². The molecule has 1 unspecified atom stereocenters. The summed E-state index contributed by atoms with van der Waals surface area (Å²) in [6.45, 7) is 8.14. The number of aromatic nitrogens is 1. The summed E-state index contributed by atoms with van der Waals surface area (Å²) in [6, 6.07) is 1.06. The van der Waals surface area contributed by atoms with E-state index in [1.807, 2.05) is 6.92 Å². The van der Waals surface area contributed by atoms with E-state index in [9.17, 15) is 9.18 Å². The molecule has 0 saturated heterocycles. The van der Waals surface area contributed by atoms with Gasteiger partial charge >= 0.3 is 5.97 Å².